The SMILES string of the molecule is CCOC1CC(NCc2ccncc2C)C12CCC2. The van der Waals surface area contributed by atoms with E-state index < -0.39 is 0 Å². The van der Waals surface area contributed by atoms with Gasteiger partial charge in [0.05, 0.1) is 6.10 Å². The van der Waals surface area contributed by atoms with E-state index >= 15 is 0 Å². The van der Waals surface area contributed by atoms with Crippen molar-refractivity contribution in [3.63, 3.8) is 0 Å². The highest BCUT2D eigenvalue weighted by Gasteiger charge is 2.58. The van der Waals surface area contributed by atoms with Gasteiger partial charge in [0.1, 0.15) is 0 Å². The van der Waals surface area contributed by atoms with Crippen molar-refractivity contribution < 1.29 is 4.74 Å². The molecule has 1 heterocycles. The van der Waals surface area contributed by atoms with Crippen LogP contribution in [0.4, 0.5) is 0 Å². The van der Waals surface area contributed by atoms with Crippen molar-refractivity contribution in [1.82, 2.24) is 10.3 Å². The van der Waals surface area contributed by atoms with Crippen LogP contribution in [0.25, 0.3) is 0 Å². The molecule has 3 heteroatoms. The number of pyridine rings is 1. The quantitative estimate of drug-likeness (QED) is 0.884. The van der Waals surface area contributed by atoms with E-state index in [4.69, 9.17) is 4.74 Å². The fraction of sp³-hybridized carbons (Fsp3) is 0.688. The van der Waals surface area contributed by atoms with Crippen LogP contribution in [0.15, 0.2) is 18.5 Å². The second-order valence-corrected chi connectivity index (χ2v) is 6.00. The van der Waals surface area contributed by atoms with Gasteiger partial charge in [-0.3, -0.25) is 4.98 Å². The Morgan fingerprint density at radius 1 is 1.47 bits per heavy atom. The van der Waals surface area contributed by atoms with Crippen molar-refractivity contribution in [2.75, 3.05) is 6.61 Å². The summed E-state index contributed by atoms with van der Waals surface area (Å²) in [5.41, 5.74) is 3.10. The standard InChI is InChI=1S/C16H24N2O/c1-3-19-15-9-14(16(15)6-4-7-16)18-11-13-5-8-17-10-12(13)2/h5,8,10,14-15,18H,3-4,6-7,9,11H2,1-2H3. The average molecular weight is 260 g/mol. The van der Waals surface area contributed by atoms with E-state index in [2.05, 4.69) is 30.2 Å². The van der Waals surface area contributed by atoms with E-state index in [0.29, 0.717) is 17.6 Å². The van der Waals surface area contributed by atoms with Crippen molar-refractivity contribution >= 4 is 0 Å². The number of nitrogens with zero attached hydrogens (tertiary/aromatic N) is 1. The van der Waals surface area contributed by atoms with Crippen LogP contribution >= 0.6 is 0 Å². The minimum Gasteiger partial charge on any atom is -0.378 e. The van der Waals surface area contributed by atoms with Crippen molar-refractivity contribution in [2.45, 2.75) is 58.2 Å². The third-order valence-corrected chi connectivity index (χ3v) is 5.11. The number of rotatable bonds is 5. The lowest BCUT2D eigenvalue weighted by atomic mass is 9.51. The zero-order valence-corrected chi connectivity index (χ0v) is 12.0. The maximum Gasteiger partial charge on any atom is 0.0661 e. The van der Waals surface area contributed by atoms with Gasteiger partial charge in [0, 0.05) is 37.0 Å². The van der Waals surface area contributed by atoms with Gasteiger partial charge in [-0.25, -0.2) is 0 Å². The molecule has 3 rings (SSSR count). The molecule has 2 fully saturated rings. The molecule has 104 valence electrons. The lowest BCUT2D eigenvalue weighted by molar-refractivity contribution is -0.173. The average Bonchev–Trinajstić information content (AvgIpc) is 2.32. The van der Waals surface area contributed by atoms with Gasteiger partial charge in [-0.05, 0) is 50.3 Å². The molecule has 2 aliphatic carbocycles. The van der Waals surface area contributed by atoms with Gasteiger partial charge in [-0.15, -0.1) is 0 Å². The maximum absolute atomic E-state index is 5.89. The molecule has 0 radical (unpaired) electrons. The summed E-state index contributed by atoms with van der Waals surface area (Å²) in [5, 5.41) is 3.75. The molecule has 2 aliphatic rings. The van der Waals surface area contributed by atoms with Gasteiger partial charge >= 0.3 is 0 Å². The van der Waals surface area contributed by atoms with Gasteiger partial charge in [0.2, 0.25) is 0 Å². The largest absolute Gasteiger partial charge is 0.378 e. The van der Waals surface area contributed by atoms with Gasteiger partial charge in [0.25, 0.3) is 0 Å². The van der Waals surface area contributed by atoms with Gasteiger partial charge < -0.3 is 10.1 Å². The highest BCUT2D eigenvalue weighted by atomic mass is 16.5. The summed E-state index contributed by atoms with van der Waals surface area (Å²) in [5.74, 6) is 0. The predicted octanol–water partition coefficient (Wildman–Crippen LogP) is 2.83. The fourth-order valence-corrected chi connectivity index (χ4v) is 3.66. The number of aromatic nitrogens is 1. The number of hydrogen-bond donors (Lipinski definition) is 1. The second-order valence-electron chi connectivity index (χ2n) is 6.00. The van der Waals surface area contributed by atoms with Crippen molar-refractivity contribution in [3.05, 3.63) is 29.6 Å². The topological polar surface area (TPSA) is 34.1 Å². The summed E-state index contributed by atoms with van der Waals surface area (Å²) < 4.78 is 5.89. The smallest absolute Gasteiger partial charge is 0.0661 e. The third-order valence-electron chi connectivity index (χ3n) is 5.11. The lowest BCUT2D eigenvalue weighted by Gasteiger charge is -2.61. The first kappa shape index (κ1) is 13.1. The highest BCUT2D eigenvalue weighted by molar-refractivity contribution is 5.22. The Hall–Kier alpha value is -0.930. The molecule has 19 heavy (non-hydrogen) atoms. The third kappa shape index (κ3) is 2.19. The first-order valence-corrected chi connectivity index (χ1v) is 7.51. The second kappa shape index (κ2) is 5.22. The summed E-state index contributed by atoms with van der Waals surface area (Å²) in [6.07, 6.45) is 9.55. The minimum absolute atomic E-state index is 0.455. The molecular weight excluding hydrogens is 236 g/mol. The van der Waals surface area contributed by atoms with E-state index in [1.807, 2.05) is 12.4 Å². The normalized spacial score (nSPS) is 27.9. The summed E-state index contributed by atoms with van der Waals surface area (Å²) in [7, 11) is 0. The van der Waals surface area contributed by atoms with E-state index in [1.54, 1.807) is 0 Å². The first-order chi connectivity index (χ1) is 9.26. The maximum atomic E-state index is 5.89. The van der Waals surface area contributed by atoms with E-state index in [0.717, 1.165) is 13.2 Å². The fourth-order valence-electron chi connectivity index (χ4n) is 3.66. The van der Waals surface area contributed by atoms with E-state index in [-0.39, 0.29) is 0 Å². The molecule has 1 spiro atoms. The van der Waals surface area contributed by atoms with Crippen LogP contribution < -0.4 is 5.32 Å². The molecule has 0 bridgehead atoms. The van der Waals surface area contributed by atoms with E-state index in [1.165, 1.54) is 36.8 Å². The van der Waals surface area contributed by atoms with Crippen molar-refractivity contribution in [3.8, 4) is 0 Å². The van der Waals surface area contributed by atoms with Gasteiger partial charge in [0.15, 0.2) is 0 Å². The Balaban J connectivity index is 1.58. The molecule has 0 saturated heterocycles. The number of nitrogens with one attached hydrogen (secondary N) is 1. The van der Waals surface area contributed by atoms with Gasteiger partial charge in [-0.2, -0.15) is 0 Å². The predicted molar refractivity (Wildman–Crippen MR) is 75.9 cm³/mol. The zero-order valence-electron chi connectivity index (χ0n) is 12.0. The summed E-state index contributed by atoms with van der Waals surface area (Å²) in [6.45, 7) is 6.04. The Labute approximate surface area is 115 Å². The molecule has 0 amide bonds. The molecule has 1 aromatic rings. The van der Waals surface area contributed by atoms with Crippen LogP contribution in [-0.2, 0) is 11.3 Å². The molecule has 0 aromatic carbocycles. The van der Waals surface area contributed by atoms with Crippen LogP contribution in [0.1, 0.15) is 43.7 Å². The Morgan fingerprint density at radius 2 is 2.32 bits per heavy atom. The minimum atomic E-state index is 0.455. The monoisotopic (exact) mass is 260 g/mol. The summed E-state index contributed by atoms with van der Waals surface area (Å²) in [4.78, 5) is 4.15. The van der Waals surface area contributed by atoms with Crippen LogP contribution in [0.5, 0.6) is 0 Å². The molecule has 1 aromatic heterocycles. The van der Waals surface area contributed by atoms with Crippen molar-refractivity contribution in [1.29, 1.82) is 0 Å². The Kier molecular flexibility index (Phi) is 3.59. The van der Waals surface area contributed by atoms with E-state index in [9.17, 15) is 0 Å². The summed E-state index contributed by atoms with van der Waals surface area (Å²) in [6, 6.07) is 2.76. The molecule has 2 unspecified atom stereocenters. The number of aryl methyl sites for hydroxylation is 1. The number of hydrogen-bond acceptors (Lipinski definition) is 3. The van der Waals surface area contributed by atoms with Gasteiger partial charge in [-0.1, -0.05) is 6.42 Å². The molecule has 3 nitrogen and oxygen atoms in total. The zero-order chi connectivity index (χ0) is 13.3. The molecule has 0 aliphatic heterocycles. The molecular formula is C16H24N2O. The Morgan fingerprint density at radius 3 is 2.95 bits per heavy atom. The van der Waals surface area contributed by atoms with Crippen molar-refractivity contribution in [2.24, 2.45) is 5.41 Å². The van der Waals surface area contributed by atoms with Crippen LogP contribution in [0.3, 0.4) is 0 Å². The highest BCUT2D eigenvalue weighted by Crippen LogP contribution is 2.57. The first-order valence-electron chi connectivity index (χ1n) is 7.51. The molecule has 2 saturated carbocycles. The Bertz CT molecular complexity index is 442. The lowest BCUT2D eigenvalue weighted by Crippen LogP contribution is -2.66. The van der Waals surface area contributed by atoms with Crippen LogP contribution in [-0.4, -0.2) is 23.7 Å². The molecule has 2 atom stereocenters. The van der Waals surface area contributed by atoms with Crippen LogP contribution in [0.2, 0.25) is 0 Å². The molecule has 1 N–H and O–H groups in total. The number of ether oxygens (including phenoxy) is 1. The summed E-state index contributed by atoms with van der Waals surface area (Å²) >= 11 is 0. The van der Waals surface area contributed by atoms with Crippen LogP contribution in [0, 0.1) is 12.3 Å².